The minimum absolute atomic E-state index is 0.129. The molecule has 0 amide bonds. The molecule has 0 bridgehead atoms. The molecule has 0 atom stereocenters. The fourth-order valence-electron chi connectivity index (χ4n) is 3.00. The van der Waals surface area contributed by atoms with Crippen LogP contribution in [-0.2, 0) is 4.79 Å². The van der Waals surface area contributed by atoms with E-state index < -0.39 is 0 Å². The van der Waals surface area contributed by atoms with Gasteiger partial charge in [0.2, 0.25) is 0 Å². The van der Waals surface area contributed by atoms with Gasteiger partial charge in [0, 0.05) is 54.7 Å². The van der Waals surface area contributed by atoms with Gasteiger partial charge in [-0.1, -0.05) is 29.9 Å². The molecular weight excluding hydrogens is 428 g/mol. The monoisotopic (exact) mass is 452 g/mol. The Bertz CT molecular complexity index is 830. The number of non-ortho nitro benzene ring substituents is 1. The smallest absolute Gasteiger partial charge is 0.290 e. The van der Waals surface area contributed by atoms with Crippen LogP contribution in [0.4, 0.5) is 17.1 Å². The molecular formula is C20H25ClN4O4S. The third-order valence-electron chi connectivity index (χ3n) is 4.44. The minimum Gasteiger partial charge on any atom is -0.483 e. The number of nitrogens with zero attached hydrogens (tertiary/aromatic N) is 3. The summed E-state index contributed by atoms with van der Waals surface area (Å²) in [6.45, 7) is 5.45. The van der Waals surface area contributed by atoms with Gasteiger partial charge in [-0.05, 0) is 43.2 Å². The van der Waals surface area contributed by atoms with E-state index in [1.165, 1.54) is 0 Å². The molecule has 3 rings (SSSR count). The van der Waals surface area contributed by atoms with Crippen molar-refractivity contribution in [3.63, 3.8) is 0 Å². The molecule has 8 nitrogen and oxygen atoms in total. The van der Waals surface area contributed by atoms with Crippen molar-refractivity contribution < 1.29 is 14.8 Å². The second-order valence-corrected chi connectivity index (χ2v) is 6.96. The number of benzene rings is 2. The van der Waals surface area contributed by atoms with Gasteiger partial charge in [0.1, 0.15) is 0 Å². The van der Waals surface area contributed by atoms with Gasteiger partial charge in [0.05, 0.1) is 10.4 Å². The Balaban J connectivity index is 0.000000672. The molecule has 1 fully saturated rings. The predicted octanol–water partition coefficient (Wildman–Crippen LogP) is 3.88. The number of thiocarbonyl (C=S) groups is 1. The van der Waals surface area contributed by atoms with Gasteiger partial charge < -0.3 is 20.6 Å². The van der Waals surface area contributed by atoms with E-state index >= 15 is 0 Å². The summed E-state index contributed by atoms with van der Waals surface area (Å²) < 4.78 is 0. The summed E-state index contributed by atoms with van der Waals surface area (Å²) in [5.41, 5.74) is 9.02. The molecule has 162 valence electrons. The van der Waals surface area contributed by atoms with Crippen molar-refractivity contribution in [2.45, 2.75) is 13.3 Å². The first kappa shape index (κ1) is 25.1. The van der Waals surface area contributed by atoms with Crippen LogP contribution in [0.5, 0.6) is 0 Å². The largest absolute Gasteiger partial charge is 0.483 e. The van der Waals surface area contributed by atoms with E-state index in [1.54, 1.807) is 12.1 Å². The topological polar surface area (TPSA) is 113 Å². The highest BCUT2D eigenvalue weighted by Gasteiger charge is 2.17. The molecule has 30 heavy (non-hydrogen) atoms. The summed E-state index contributed by atoms with van der Waals surface area (Å²) in [5, 5.41) is 18.5. The highest BCUT2D eigenvalue weighted by molar-refractivity contribution is 7.78. The molecule has 0 unspecified atom stereocenters. The third kappa shape index (κ3) is 7.84. The first-order chi connectivity index (χ1) is 14.4. The van der Waals surface area contributed by atoms with Gasteiger partial charge >= 0.3 is 0 Å². The van der Waals surface area contributed by atoms with Crippen molar-refractivity contribution in [2.24, 2.45) is 5.73 Å². The van der Waals surface area contributed by atoms with Gasteiger partial charge in [-0.15, -0.1) is 0 Å². The van der Waals surface area contributed by atoms with Crippen LogP contribution in [-0.4, -0.2) is 48.2 Å². The molecule has 0 aliphatic carbocycles. The van der Waals surface area contributed by atoms with Crippen molar-refractivity contribution >= 4 is 52.8 Å². The maximum atomic E-state index is 10.8. The molecule has 0 aromatic heterocycles. The van der Waals surface area contributed by atoms with Crippen molar-refractivity contribution in [1.29, 1.82) is 0 Å². The molecule has 1 aliphatic heterocycles. The zero-order chi connectivity index (χ0) is 22.5. The number of nitro groups is 1. The molecule has 1 heterocycles. The zero-order valence-electron chi connectivity index (χ0n) is 16.6. The lowest BCUT2D eigenvalue weighted by atomic mass is 10.2. The minimum atomic E-state index is -0.366. The first-order valence-electron chi connectivity index (χ1n) is 9.11. The lowest BCUT2D eigenvalue weighted by Crippen LogP contribution is -2.30. The maximum Gasteiger partial charge on any atom is 0.290 e. The number of halogens is 1. The Morgan fingerprint density at radius 1 is 1.10 bits per heavy atom. The van der Waals surface area contributed by atoms with Crippen LogP contribution in [0.2, 0.25) is 5.02 Å². The third-order valence-corrected chi connectivity index (χ3v) is 4.85. The van der Waals surface area contributed by atoms with Crippen LogP contribution in [0.25, 0.3) is 0 Å². The molecule has 0 radical (unpaired) electrons. The summed E-state index contributed by atoms with van der Waals surface area (Å²) in [5.74, 6) is 0. The summed E-state index contributed by atoms with van der Waals surface area (Å²) in [4.78, 5) is 23.4. The van der Waals surface area contributed by atoms with Crippen LogP contribution in [0.3, 0.4) is 0 Å². The summed E-state index contributed by atoms with van der Waals surface area (Å²) in [6.07, 6.45) is 1.03. The lowest BCUT2D eigenvalue weighted by Gasteiger charge is -2.25. The SMILES string of the molecule is Cc1ccc(N2CCCN(c3ccc([N+](=O)[O-])cc3)CC2)cc1Cl.NC=S.O=CO. The van der Waals surface area contributed by atoms with Crippen LogP contribution >= 0.6 is 23.8 Å². The van der Waals surface area contributed by atoms with E-state index in [0.29, 0.717) is 0 Å². The number of nitrogens with two attached hydrogens (primary N) is 1. The molecule has 2 aromatic rings. The highest BCUT2D eigenvalue weighted by Crippen LogP contribution is 2.25. The van der Waals surface area contributed by atoms with Crippen molar-refractivity contribution in [3.05, 3.63) is 63.2 Å². The van der Waals surface area contributed by atoms with Crippen LogP contribution in [0.15, 0.2) is 42.5 Å². The Labute approximate surface area is 186 Å². The Hall–Kier alpha value is -2.91. The van der Waals surface area contributed by atoms with Gasteiger partial charge in [-0.25, -0.2) is 0 Å². The molecule has 1 saturated heterocycles. The molecule has 0 saturated carbocycles. The van der Waals surface area contributed by atoms with Gasteiger partial charge in [0.15, 0.2) is 0 Å². The molecule has 3 N–H and O–H groups in total. The maximum absolute atomic E-state index is 10.8. The van der Waals surface area contributed by atoms with Gasteiger partial charge in [-0.3, -0.25) is 14.9 Å². The second kappa shape index (κ2) is 13.3. The lowest BCUT2D eigenvalue weighted by molar-refractivity contribution is -0.384. The van der Waals surface area contributed by atoms with E-state index in [1.807, 2.05) is 25.1 Å². The van der Waals surface area contributed by atoms with E-state index in [-0.39, 0.29) is 17.1 Å². The second-order valence-electron chi connectivity index (χ2n) is 6.28. The fourth-order valence-corrected chi connectivity index (χ4v) is 3.17. The number of rotatable bonds is 3. The average Bonchev–Trinajstić information content (AvgIpc) is 2.98. The normalized spacial score (nSPS) is 13.0. The average molecular weight is 453 g/mol. The van der Waals surface area contributed by atoms with Crippen molar-refractivity contribution in [1.82, 2.24) is 0 Å². The predicted molar refractivity (Wildman–Crippen MR) is 125 cm³/mol. The van der Waals surface area contributed by atoms with Crippen LogP contribution in [0.1, 0.15) is 12.0 Å². The number of carbonyl (C=O) groups is 1. The molecule has 1 aliphatic rings. The fraction of sp³-hybridized carbons (Fsp3) is 0.300. The van der Waals surface area contributed by atoms with E-state index in [0.717, 1.165) is 60.1 Å². The zero-order valence-corrected chi connectivity index (χ0v) is 18.2. The highest BCUT2D eigenvalue weighted by atomic mass is 35.5. The number of hydrogen-bond donors (Lipinski definition) is 2. The number of hydrogen-bond acceptors (Lipinski definition) is 6. The molecule has 2 aromatic carbocycles. The molecule has 10 heteroatoms. The van der Waals surface area contributed by atoms with E-state index in [4.69, 9.17) is 21.5 Å². The van der Waals surface area contributed by atoms with Crippen molar-refractivity contribution in [3.8, 4) is 0 Å². The molecule has 0 spiro atoms. The quantitative estimate of drug-likeness (QED) is 0.312. The Morgan fingerprint density at radius 2 is 1.57 bits per heavy atom. The standard InChI is InChI=1S/C18H20ClN3O2.CH3NS.CH2O2/c1-14-3-4-17(13-18(14)19)21-10-2-9-20(11-12-21)15-5-7-16(8-6-15)22(23)24;2*2-1-3/h3-8,13H,2,9-12H2,1H3;1H,(H2,2,3);1H,(H,2,3). The summed E-state index contributed by atoms with van der Waals surface area (Å²) in [7, 11) is 0. The Kier molecular flexibility index (Phi) is 11.2. The van der Waals surface area contributed by atoms with E-state index in [2.05, 4.69) is 39.9 Å². The van der Waals surface area contributed by atoms with Gasteiger partial charge in [-0.2, -0.15) is 0 Å². The van der Waals surface area contributed by atoms with Gasteiger partial charge in [0.25, 0.3) is 12.2 Å². The van der Waals surface area contributed by atoms with Crippen LogP contribution in [0, 0.1) is 17.0 Å². The summed E-state index contributed by atoms with van der Waals surface area (Å²) >= 11 is 10.3. The first-order valence-corrected chi connectivity index (χ1v) is 9.96. The summed E-state index contributed by atoms with van der Waals surface area (Å²) in [6, 6.07) is 13.0. The number of anilines is 2. The van der Waals surface area contributed by atoms with Crippen LogP contribution < -0.4 is 15.5 Å². The number of carboxylic acid groups (broad SMARTS) is 1. The Morgan fingerprint density at radius 3 is 2.03 bits per heavy atom. The van der Waals surface area contributed by atoms with Crippen molar-refractivity contribution in [2.75, 3.05) is 36.0 Å². The number of nitro benzene ring substituents is 1. The van der Waals surface area contributed by atoms with E-state index in [9.17, 15) is 10.1 Å². The number of aryl methyl sites for hydroxylation is 1.